The van der Waals surface area contributed by atoms with E-state index in [0.29, 0.717) is 18.9 Å². The number of ketones is 1. The van der Waals surface area contributed by atoms with Gasteiger partial charge in [-0.1, -0.05) is 101 Å². The number of unbranched alkanes of at least 4 members (excludes halogenated alkanes) is 11. The molecule has 3 aromatic rings. The second-order valence-electron chi connectivity index (χ2n) is 10.9. The van der Waals surface area contributed by atoms with Gasteiger partial charge in [-0.25, -0.2) is 4.57 Å². The highest BCUT2D eigenvalue weighted by atomic mass is 32.1. The van der Waals surface area contributed by atoms with E-state index in [1.54, 1.807) is 35.6 Å². The minimum atomic E-state index is -4.82. The highest BCUT2D eigenvalue weighted by Gasteiger charge is 2.19. The molecule has 2 aromatic carbocycles. The Bertz CT molecular complexity index is 1290. The van der Waals surface area contributed by atoms with E-state index in [2.05, 4.69) is 6.92 Å². The summed E-state index contributed by atoms with van der Waals surface area (Å²) in [7, 11) is -4.82. The zero-order valence-corrected chi connectivity index (χ0v) is 27.1. The smallest absolute Gasteiger partial charge is 0.372 e. The van der Waals surface area contributed by atoms with Crippen LogP contribution in [0, 0.1) is 6.92 Å². The highest BCUT2D eigenvalue weighted by molar-refractivity contribution is 7.46. The Morgan fingerprint density at radius 2 is 1.55 bits per heavy atom. The number of ether oxygens (including phenoxy) is 1. The van der Waals surface area contributed by atoms with Crippen LogP contribution < -0.4 is 23.2 Å². The van der Waals surface area contributed by atoms with Crippen LogP contribution in [0.15, 0.2) is 54.2 Å². The van der Waals surface area contributed by atoms with Crippen molar-refractivity contribution in [2.75, 3.05) is 6.61 Å². The Balaban J connectivity index is 1.43. The zero-order valence-electron chi connectivity index (χ0n) is 25.3. The van der Waals surface area contributed by atoms with Gasteiger partial charge in [0.05, 0.1) is 17.0 Å². The minimum absolute atomic E-state index is 0.0843. The standard InChI is InChI=1S/C33H46NO6PS/c1-4-5-6-7-8-9-10-11-12-13-14-15-21-38-30-19-20-33(32(23-30)28(3)35)40-41(36,37)39-31-18-16-17-29(22-31)25-34-24-27(2)42-26-34/h16-20,22-24,26H,4-15,21,25H2,1-3H3. The predicted octanol–water partition coefficient (Wildman–Crippen LogP) is 8.60. The van der Waals surface area contributed by atoms with Gasteiger partial charge in [0.25, 0.3) is 0 Å². The van der Waals surface area contributed by atoms with Crippen LogP contribution in [0.4, 0.5) is 0 Å². The molecule has 7 nitrogen and oxygen atoms in total. The Kier molecular flexibility index (Phi) is 14.6. The number of hydrogen-bond acceptors (Lipinski definition) is 7. The molecule has 0 aliphatic rings. The molecule has 1 heterocycles. The van der Waals surface area contributed by atoms with E-state index in [1.807, 2.05) is 29.3 Å². The van der Waals surface area contributed by atoms with Gasteiger partial charge in [-0.15, -0.1) is 0 Å². The van der Waals surface area contributed by atoms with Crippen LogP contribution >= 0.6 is 19.2 Å². The molecule has 0 saturated carbocycles. The number of Topliss-reactive ketones (excluding diaryl/α,β-unsaturated/α-hetero) is 1. The lowest BCUT2D eigenvalue weighted by Crippen LogP contribution is -2.30. The molecule has 0 spiro atoms. The summed E-state index contributed by atoms with van der Waals surface area (Å²) in [5, 5.41) is 0. The Morgan fingerprint density at radius 1 is 0.881 bits per heavy atom. The van der Waals surface area contributed by atoms with Crippen LogP contribution in [0.3, 0.4) is 0 Å². The van der Waals surface area contributed by atoms with Crippen LogP contribution in [0.25, 0.3) is 0 Å². The van der Waals surface area contributed by atoms with Crippen molar-refractivity contribution in [2.24, 2.45) is 0 Å². The van der Waals surface area contributed by atoms with E-state index in [1.165, 1.54) is 88.1 Å². The summed E-state index contributed by atoms with van der Waals surface area (Å²) in [6, 6.07) is 11.4. The molecule has 1 unspecified atom stereocenters. The van der Waals surface area contributed by atoms with Gasteiger partial charge in [0.1, 0.15) is 17.2 Å². The molecule has 0 aliphatic carbocycles. The van der Waals surface area contributed by atoms with Crippen molar-refractivity contribution in [3.63, 3.8) is 0 Å². The lowest BCUT2D eigenvalue weighted by Gasteiger charge is -2.25. The minimum Gasteiger partial charge on any atom is -0.736 e. The van der Waals surface area contributed by atoms with Crippen molar-refractivity contribution >= 4 is 24.9 Å². The first-order chi connectivity index (χ1) is 20.3. The molecule has 42 heavy (non-hydrogen) atoms. The monoisotopic (exact) mass is 615 g/mol. The number of benzene rings is 2. The van der Waals surface area contributed by atoms with Gasteiger partial charge in [-0.2, -0.15) is 4.57 Å². The Labute approximate surface area is 255 Å². The van der Waals surface area contributed by atoms with Gasteiger partial charge in [0.2, 0.25) is 5.51 Å². The summed E-state index contributed by atoms with van der Waals surface area (Å²) in [4.78, 5) is 26.2. The van der Waals surface area contributed by atoms with Gasteiger partial charge in [-0.05, 0) is 50.6 Å². The van der Waals surface area contributed by atoms with E-state index in [0.717, 1.165) is 18.4 Å². The fraction of sp³-hybridized carbons (Fsp3) is 0.515. The molecular weight excluding hydrogens is 569 g/mol. The number of nitrogens with zero attached hydrogens (tertiary/aromatic N) is 1. The third kappa shape index (κ3) is 12.7. The number of rotatable bonds is 21. The maximum atomic E-state index is 12.7. The largest absolute Gasteiger partial charge is 0.736 e. The average molecular weight is 616 g/mol. The number of aryl methyl sites for hydroxylation is 1. The average Bonchev–Trinajstić information content (AvgIpc) is 3.35. The van der Waals surface area contributed by atoms with Crippen molar-refractivity contribution in [3.8, 4) is 17.2 Å². The second-order valence-corrected chi connectivity index (χ2v) is 13.2. The van der Waals surface area contributed by atoms with Gasteiger partial charge in [-0.3, -0.25) is 4.79 Å². The van der Waals surface area contributed by atoms with E-state index < -0.39 is 7.82 Å². The first-order valence-electron chi connectivity index (χ1n) is 15.3. The van der Waals surface area contributed by atoms with E-state index >= 15 is 0 Å². The SMILES string of the molecule is CCCCCCCCCCCCCCOc1ccc(OP(=O)([O-])Oc2cccc(C[n+]3csc(C)c3)c2)c(C(C)=O)c1. The number of hydrogen-bond donors (Lipinski definition) is 0. The molecule has 0 aliphatic heterocycles. The zero-order chi connectivity index (χ0) is 30.2. The Morgan fingerprint density at radius 3 is 2.17 bits per heavy atom. The van der Waals surface area contributed by atoms with Gasteiger partial charge < -0.3 is 18.7 Å². The number of thiazole rings is 1. The summed E-state index contributed by atoms with van der Waals surface area (Å²) in [6.07, 6.45) is 17.2. The number of carbonyl (C=O) groups excluding carboxylic acids is 1. The van der Waals surface area contributed by atoms with Crippen molar-refractivity contribution < 1.29 is 32.6 Å². The van der Waals surface area contributed by atoms with Crippen LogP contribution in [0.2, 0.25) is 0 Å². The molecule has 1 atom stereocenters. The summed E-state index contributed by atoms with van der Waals surface area (Å²) < 4.78 is 31.1. The number of aromatic nitrogens is 1. The molecule has 3 rings (SSSR count). The van der Waals surface area contributed by atoms with Gasteiger partial charge >= 0.3 is 7.82 Å². The van der Waals surface area contributed by atoms with Crippen molar-refractivity contribution in [2.45, 2.75) is 104 Å². The summed E-state index contributed by atoms with van der Waals surface area (Å²) >= 11 is 1.64. The lowest BCUT2D eigenvalue weighted by atomic mass is 10.1. The maximum absolute atomic E-state index is 12.7. The van der Waals surface area contributed by atoms with Crippen LogP contribution in [0.1, 0.15) is 112 Å². The number of phosphoric acid groups is 1. The van der Waals surface area contributed by atoms with Gasteiger partial charge in [0.15, 0.2) is 18.5 Å². The van der Waals surface area contributed by atoms with Crippen molar-refractivity contribution in [1.29, 1.82) is 0 Å². The summed E-state index contributed by atoms with van der Waals surface area (Å²) in [5.41, 5.74) is 3.01. The molecule has 0 fully saturated rings. The molecule has 0 saturated heterocycles. The molecule has 0 N–H and O–H groups in total. The fourth-order valence-corrected chi connectivity index (χ4v) is 6.24. The topological polar surface area (TPSA) is 88.8 Å². The fourth-order valence-electron chi connectivity index (χ4n) is 4.79. The number of phosphoric ester groups is 1. The lowest BCUT2D eigenvalue weighted by molar-refractivity contribution is -0.683. The molecule has 230 valence electrons. The van der Waals surface area contributed by atoms with E-state index in [4.69, 9.17) is 13.8 Å². The van der Waals surface area contributed by atoms with Crippen molar-refractivity contribution in [1.82, 2.24) is 0 Å². The number of carbonyl (C=O) groups is 1. The van der Waals surface area contributed by atoms with Crippen LogP contribution in [0.5, 0.6) is 17.2 Å². The third-order valence-electron chi connectivity index (χ3n) is 7.01. The molecule has 0 radical (unpaired) electrons. The molecule has 0 bridgehead atoms. The summed E-state index contributed by atoms with van der Waals surface area (Å²) in [5.74, 6) is 0.237. The first kappa shape index (κ1) is 33.8. The Hall–Kier alpha value is -2.67. The molecule has 9 heteroatoms. The quantitative estimate of drug-likeness (QED) is 0.0516. The summed E-state index contributed by atoms with van der Waals surface area (Å²) in [6.45, 7) is 6.76. The van der Waals surface area contributed by atoms with E-state index in [-0.39, 0.29) is 22.8 Å². The van der Waals surface area contributed by atoms with Crippen LogP contribution in [-0.4, -0.2) is 12.4 Å². The van der Waals surface area contributed by atoms with Crippen LogP contribution in [-0.2, 0) is 11.1 Å². The normalized spacial score (nSPS) is 12.6. The maximum Gasteiger partial charge on any atom is 0.372 e. The van der Waals surface area contributed by atoms with E-state index in [9.17, 15) is 14.3 Å². The second kappa shape index (κ2) is 18.1. The molecule has 1 aromatic heterocycles. The third-order valence-corrected chi connectivity index (χ3v) is 8.72. The molecular formula is C33H46NO6PS. The molecule has 0 amide bonds. The predicted molar refractivity (Wildman–Crippen MR) is 167 cm³/mol. The highest BCUT2D eigenvalue weighted by Crippen LogP contribution is 2.42. The van der Waals surface area contributed by atoms with Gasteiger partial charge in [0, 0.05) is 5.56 Å². The van der Waals surface area contributed by atoms with Crippen molar-refractivity contribution in [3.05, 3.63) is 70.2 Å². The first-order valence-corrected chi connectivity index (χ1v) is 17.6.